The van der Waals surface area contributed by atoms with Crippen LogP contribution in [0.1, 0.15) is 11.1 Å². The van der Waals surface area contributed by atoms with Crippen molar-refractivity contribution >= 4 is 34.8 Å². The molecule has 0 saturated heterocycles. The molecule has 0 saturated carbocycles. The third kappa shape index (κ3) is 1.97. The summed E-state index contributed by atoms with van der Waals surface area (Å²) in [5, 5.41) is 2.16. The van der Waals surface area contributed by atoms with E-state index in [1.54, 1.807) is 24.3 Å². The monoisotopic (exact) mass is 282 g/mol. The van der Waals surface area contributed by atoms with E-state index in [-0.39, 0.29) is 11.1 Å². The number of nitrogens with one attached hydrogen (secondary N) is 1. The van der Waals surface area contributed by atoms with E-state index in [0.717, 1.165) is 4.90 Å². The van der Waals surface area contributed by atoms with E-state index in [0.29, 0.717) is 11.1 Å². The van der Waals surface area contributed by atoms with Crippen molar-refractivity contribution in [3.63, 3.8) is 0 Å². The van der Waals surface area contributed by atoms with Crippen LogP contribution < -0.4 is 5.32 Å². The minimum absolute atomic E-state index is 0.186. The van der Waals surface area contributed by atoms with Gasteiger partial charge in [0.15, 0.2) is 0 Å². The second-order valence-electron chi connectivity index (χ2n) is 4.68. The Morgan fingerprint density at radius 3 is 2.00 bits per heavy atom. The molecule has 0 spiro atoms. The normalized spacial score (nSPS) is 18.0. The molecular weight excluding hydrogens is 272 g/mol. The van der Waals surface area contributed by atoms with Crippen molar-refractivity contribution in [1.29, 1.82) is 0 Å². The van der Waals surface area contributed by atoms with Crippen molar-refractivity contribution in [2.45, 2.75) is 0 Å². The average Bonchev–Trinajstić information content (AvgIpc) is 2.93. The average molecular weight is 282 g/mol. The fourth-order valence-corrected chi connectivity index (χ4v) is 2.32. The largest absolute Gasteiger partial charge is 0.289 e. The Hall–Kier alpha value is -3.02. The summed E-state index contributed by atoms with van der Waals surface area (Å²) in [6.45, 7) is 0. The maximum Gasteiger partial charge on any atom is 0.261 e. The molecule has 2 heterocycles. The van der Waals surface area contributed by atoms with Crippen molar-refractivity contribution in [3.05, 3.63) is 47.5 Å². The van der Waals surface area contributed by atoms with Crippen molar-refractivity contribution in [1.82, 2.24) is 10.2 Å². The first-order chi connectivity index (χ1) is 9.99. The fraction of sp³-hybridized carbons (Fsp3) is 0.0667. The molecule has 104 valence electrons. The highest BCUT2D eigenvalue weighted by atomic mass is 16.2. The Kier molecular flexibility index (Phi) is 2.79. The molecule has 0 aliphatic carbocycles. The number of nitrogens with zero attached hydrogens (tertiary/aromatic N) is 1. The number of carbonyl (C=O) groups is 4. The topological polar surface area (TPSA) is 83.6 Å². The third-order valence-corrected chi connectivity index (χ3v) is 3.40. The molecule has 0 atom stereocenters. The molecule has 3 rings (SSSR count). The van der Waals surface area contributed by atoms with Crippen molar-refractivity contribution in [2.75, 3.05) is 7.05 Å². The zero-order valence-corrected chi connectivity index (χ0v) is 11.0. The van der Waals surface area contributed by atoms with Crippen LogP contribution in [0.25, 0.3) is 11.1 Å². The van der Waals surface area contributed by atoms with Gasteiger partial charge in [-0.05, 0) is 11.1 Å². The van der Waals surface area contributed by atoms with Crippen LogP contribution in [0, 0.1) is 0 Å². The second-order valence-corrected chi connectivity index (χ2v) is 4.68. The molecule has 2 aliphatic heterocycles. The summed E-state index contributed by atoms with van der Waals surface area (Å²) in [5.74, 6) is -1.86. The van der Waals surface area contributed by atoms with Crippen molar-refractivity contribution in [3.8, 4) is 0 Å². The zero-order valence-electron chi connectivity index (χ0n) is 11.0. The molecule has 6 nitrogen and oxygen atoms in total. The van der Waals surface area contributed by atoms with Crippen LogP contribution in [0.5, 0.6) is 0 Å². The smallest absolute Gasteiger partial charge is 0.261 e. The SMILES string of the molecule is CN1C(=O)C=C(c2ccccc2C2=CC(=O)NC2=O)C1=O. The number of hydrogen-bond donors (Lipinski definition) is 1. The number of benzene rings is 1. The van der Waals surface area contributed by atoms with E-state index in [4.69, 9.17) is 0 Å². The van der Waals surface area contributed by atoms with E-state index in [2.05, 4.69) is 5.32 Å². The summed E-state index contributed by atoms with van der Waals surface area (Å²) in [4.78, 5) is 47.7. The van der Waals surface area contributed by atoms with Gasteiger partial charge in [0, 0.05) is 19.2 Å². The first-order valence-corrected chi connectivity index (χ1v) is 6.19. The Balaban J connectivity index is 2.15. The number of imide groups is 2. The highest BCUT2D eigenvalue weighted by Crippen LogP contribution is 2.30. The Labute approximate surface area is 119 Å². The molecule has 6 heteroatoms. The Morgan fingerprint density at radius 1 is 0.905 bits per heavy atom. The van der Waals surface area contributed by atoms with Crippen LogP contribution in [0.3, 0.4) is 0 Å². The van der Waals surface area contributed by atoms with Gasteiger partial charge in [0.2, 0.25) is 0 Å². The van der Waals surface area contributed by atoms with Crippen LogP contribution >= 0.6 is 0 Å². The number of rotatable bonds is 2. The first-order valence-electron chi connectivity index (χ1n) is 6.19. The molecule has 0 aromatic heterocycles. The van der Waals surface area contributed by atoms with Crippen LogP contribution in [0.2, 0.25) is 0 Å². The maximum absolute atomic E-state index is 12.1. The lowest BCUT2D eigenvalue weighted by Crippen LogP contribution is -2.26. The van der Waals surface area contributed by atoms with Crippen molar-refractivity contribution < 1.29 is 19.2 Å². The van der Waals surface area contributed by atoms with Gasteiger partial charge >= 0.3 is 0 Å². The zero-order chi connectivity index (χ0) is 15.1. The van der Waals surface area contributed by atoms with Gasteiger partial charge in [0.05, 0.1) is 11.1 Å². The van der Waals surface area contributed by atoms with E-state index in [1.165, 1.54) is 19.2 Å². The van der Waals surface area contributed by atoms with Gasteiger partial charge in [-0.2, -0.15) is 0 Å². The van der Waals surface area contributed by atoms with E-state index in [1.807, 2.05) is 0 Å². The molecule has 0 fully saturated rings. The number of hydrogen-bond acceptors (Lipinski definition) is 4. The molecule has 21 heavy (non-hydrogen) atoms. The van der Waals surface area contributed by atoms with Crippen LogP contribution in [-0.4, -0.2) is 35.6 Å². The second kappa shape index (κ2) is 4.52. The van der Waals surface area contributed by atoms with Gasteiger partial charge in [0.1, 0.15) is 0 Å². The lowest BCUT2D eigenvalue weighted by atomic mass is 9.94. The van der Waals surface area contributed by atoms with Gasteiger partial charge in [-0.25, -0.2) is 0 Å². The predicted octanol–water partition coefficient (Wildman–Crippen LogP) is 0.108. The summed E-state index contributed by atoms with van der Waals surface area (Å²) < 4.78 is 0. The summed E-state index contributed by atoms with van der Waals surface area (Å²) in [6, 6.07) is 6.67. The standard InChI is InChI=1S/C15H10N2O4/c1-17-13(19)7-11(15(17)21)9-5-3-2-4-8(9)10-6-12(18)16-14(10)20/h2-7H,1H3,(H,16,18,20). The number of likely N-dealkylation sites (N-methyl/N-ethyl adjacent to an activating group) is 1. The summed E-state index contributed by atoms with van der Waals surface area (Å²) in [5.41, 5.74) is 1.30. The highest BCUT2D eigenvalue weighted by Gasteiger charge is 2.32. The van der Waals surface area contributed by atoms with Crippen LogP contribution in [0.4, 0.5) is 0 Å². The summed E-state index contributed by atoms with van der Waals surface area (Å²) in [7, 11) is 1.39. The quantitative estimate of drug-likeness (QED) is 0.780. The molecule has 1 aromatic rings. The summed E-state index contributed by atoms with van der Waals surface area (Å²) >= 11 is 0. The number of carbonyl (C=O) groups excluding carboxylic acids is 4. The third-order valence-electron chi connectivity index (χ3n) is 3.40. The van der Waals surface area contributed by atoms with E-state index in [9.17, 15) is 19.2 Å². The molecule has 4 amide bonds. The van der Waals surface area contributed by atoms with E-state index < -0.39 is 23.6 Å². The van der Waals surface area contributed by atoms with Crippen LogP contribution in [-0.2, 0) is 19.2 Å². The number of amides is 4. The molecule has 0 radical (unpaired) electrons. The minimum Gasteiger partial charge on any atom is -0.289 e. The van der Waals surface area contributed by atoms with Gasteiger partial charge < -0.3 is 0 Å². The Morgan fingerprint density at radius 2 is 1.52 bits per heavy atom. The fourth-order valence-electron chi connectivity index (χ4n) is 2.32. The molecule has 2 aliphatic rings. The maximum atomic E-state index is 12.1. The lowest BCUT2D eigenvalue weighted by Gasteiger charge is -2.11. The first kappa shape index (κ1) is 13.0. The highest BCUT2D eigenvalue weighted by molar-refractivity contribution is 6.37. The van der Waals surface area contributed by atoms with Gasteiger partial charge in [-0.15, -0.1) is 0 Å². The molecule has 0 bridgehead atoms. The predicted molar refractivity (Wildman–Crippen MR) is 73.3 cm³/mol. The summed E-state index contributed by atoms with van der Waals surface area (Å²) in [6.07, 6.45) is 2.42. The van der Waals surface area contributed by atoms with Gasteiger partial charge in [-0.3, -0.25) is 29.4 Å². The van der Waals surface area contributed by atoms with Crippen LogP contribution in [0.15, 0.2) is 36.4 Å². The molecular formula is C15H10N2O4. The molecule has 1 N–H and O–H groups in total. The molecule has 0 unspecified atom stereocenters. The van der Waals surface area contributed by atoms with Gasteiger partial charge in [0.25, 0.3) is 23.6 Å². The van der Waals surface area contributed by atoms with E-state index >= 15 is 0 Å². The molecule has 1 aromatic carbocycles. The lowest BCUT2D eigenvalue weighted by molar-refractivity contribution is -0.134. The van der Waals surface area contributed by atoms with Crippen molar-refractivity contribution in [2.24, 2.45) is 0 Å². The Bertz CT molecular complexity index is 774. The minimum atomic E-state index is -0.516. The van der Waals surface area contributed by atoms with Gasteiger partial charge in [-0.1, -0.05) is 24.3 Å².